The Hall–Kier alpha value is -2.20. The van der Waals surface area contributed by atoms with Gasteiger partial charge in [-0.25, -0.2) is 0 Å². The molecule has 1 amide bonds. The smallest absolute Gasteiger partial charge is 0.290 e. The minimum Gasteiger partial charge on any atom is -0.320 e. The quantitative estimate of drug-likeness (QED) is 0.708. The molecule has 0 unspecified atom stereocenters. The number of anilines is 1. The number of aromatic nitrogens is 1. The van der Waals surface area contributed by atoms with Crippen LogP contribution in [0.4, 0.5) is 5.69 Å². The number of carbonyl (C=O) groups is 1. The van der Waals surface area contributed by atoms with Gasteiger partial charge in [0.25, 0.3) is 5.91 Å². The summed E-state index contributed by atoms with van der Waals surface area (Å²) in [5.74, 6) is 0.0224. The molecule has 1 N–H and O–H groups in total. The molecular weight excluding hydrogens is 304 g/mol. The number of rotatable bonds is 5. The standard InChI is InChI=1S/C19H20N2OS/c1-3-14-8-7-9-15(4-2)19(14)20-18(22)12-21-13-23-17-11-6-5-10-16(17)21/h5-11,13H,3-4,12H2,1-2H3/p+1. The third kappa shape index (κ3) is 3.27. The van der Waals surface area contributed by atoms with Crippen LogP contribution in [-0.4, -0.2) is 5.91 Å². The molecule has 0 bridgehead atoms. The number of para-hydroxylation sites is 2. The predicted octanol–water partition coefficient (Wildman–Crippen LogP) is 3.95. The molecule has 0 aliphatic heterocycles. The number of nitrogens with zero attached hydrogens (tertiary/aromatic N) is 1. The second kappa shape index (κ2) is 6.92. The Morgan fingerprint density at radius 1 is 1.04 bits per heavy atom. The van der Waals surface area contributed by atoms with Gasteiger partial charge in [-0.2, -0.15) is 4.57 Å². The van der Waals surface area contributed by atoms with Crippen LogP contribution in [0.5, 0.6) is 0 Å². The second-order valence-corrected chi connectivity index (χ2v) is 6.41. The molecule has 0 aliphatic carbocycles. The number of hydrogen-bond acceptors (Lipinski definition) is 2. The molecule has 3 rings (SSSR count). The molecule has 0 radical (unpaired) electrons. The Bertz CT molecular complexity index is 816. The molecule has 3 nitrogen and oxygen atoms in total. The summed E-state index contributed by atoms with van der Waals surface area (Å²) < 4.78 is 3.21. The number of nitrogens with one attached hydrogen (secondary N) is 1. The Morgan fingerprint density at radius 3 is 2.43 bits per heavy atom. The lowest BCUT2D eigenvalue weighted by atomic mass is 10.0. The molecule has 2 aromatic carbocycles. The number of thiazole rings is 1. The van der Waals surface area contributed by atoms with E-state index in [1.54, 1.807) is 11.3 Å². The van der Waals surface area contributed by atoms with E-state index in [0.29, 0.717) is 6.54 Å². The SMILES string of the molecule is CCc1cccc(CC)c1NC(=O)C[n+]1csc2ccccc21. The third-order valence-electron chi connectivity index (χ3n) is 4.06. The molecule has 0 atom stereocenters. The number of benzene rings is 2. The Balaban J connectivity index is 1.83. The van der Waals surface area contributed by atoms with E-state index in [1.807, 2.05) is 22.2 Å². The minimum atomic E-state index is 0.0224. The predicted molar refractivity (Wildman–Crippen MR) is 95.8 cm³/mol. The van der Waals surface area contributed by atoms with Crippen LogP contribution in [0.25, 0.3) is 10.2 Å². The van der Waals surface area contributed by atoms with E-state index < -0.39 is 0 Å². The van der Waals surface area contributed by atoms with E-state index in [1.165, 1.54) is 15.8 Å². The first-order valence-corrected chi connectivity index (χ1v) is 8.87. The van der Waals surface area contributed by atoms with E-state index >= 15 is 0 Å². The minimum absolute atomic E-state index is 0.0224. The molecule has 118 valence electrons. The molecule has 1 aromatic heterocycles. The van der Waals surface area contributed by atoms with E-state index in [4.69, 9.17) is 0 Å². The number of hydrogen-bond donors (Lipinski definition) is 1. The zero-order chi connectivity index (χ0) is 16.2. The van der Waals surface area contributed by atoms with Crippen LogP contribution in [0.2, 0.25) is 0 Å². The maximum absolute atomic E-state index is 12.5. The van der Waals surface area contributed by atoms with Gasteiger partial charge in [-0.15, -0.1) is 0 Å². The Kier molecular flexibility index (Phi) is 4.72. The van der Waals surface area contributed by atoms with Gasteiger partial charge in [0.15, 0.2) is 0 Å². The van der Waals surface area contributed by atoms with Gasteiger partial charge in [0.1, 0.15) is 4.70 Å². The fourth-order valence-corrected chi connectivity index (χ4v) is 3.72. The normalized spacial score (nSPS) is 10.9. The monoisotopic (exact) mass is 325 g/mol. The molecule has 23 heavy (non-hydrogen) atoms. The number of carbonyl (C=O) groups excluding carboxylic acids is 1. The zero-order valence-electron chi connectivity index (χ0n) is 13.5. The van der Waals surface area contributed by atoms with Crippen LogP contribution < -0.4 is 9.88 Å². The molecule has 0 saturated carbocycles. The van der Waals surface area contributed by atoms with Gasteiger partial charge >= 0.3 is 0 Å². The Labute approximate surface area is 140 Å². The summed E-state index contributed by atoms with van der Waals surface area (Å²) in [5, 5.41) is 3.13. The van der Waals surface area contributed by atoms with Crippen molar-refractivity contribution in [2.75, 3.05) is 5.32 Å². The molecular formula is C19H21N2OS+. The lowest BCUT2D eigenvalue weighted by Gasteiger charge is -2.13. The van der Waals surface area contributed by atoms with E-state index in [-0.39, 0.29) is 5.91 Å². The van der Waals surface area contributed by atoms with Crippen molar-refractivity contribution in [3.05, 3.63) is 59.1 Å². The van der Waals surface area contributed by atoms with Crippen molar-refractivity contribution in [2.24, 2.45) is 0 Å². The highest BCUT2D eigenvalue weighted by molar-refractivity contribution is 7.16. The summed E-state index contributed by atoms with van der Waals surface area (Å²) in [4.78, 5) is 12.5. The highest BCUT2D eigenvalue weighted by atomic mass is 32.1. The van der Waals surface area contributed by atoms with Crippen molar-refractivity contribution in [3.63, 3.8) is 0 Å². The highest BCUT2D eigenvalue weighted by Gasteiger charge is 2.17. The number of amides is 1. The van der Waals surface area contributed by atoms with E-state index in [2.05, 4.69) is 49.5 Å². The first kappa shape index (κ1) is 15.7. The maximum atomic E-state index is 12.5. The van der Waals surface area contributed by atoms with Crippen LogP contribution >= 0.6 is 11.3 Å². The third-order valence-corrected chi connectivity index (χ3v) is 5.02. The summed E-state index contributed by atoms with van der Waals surface area (Å²) in [6.45, 7) is 4.57. The average Bonchev–Trinajstić information content (AvgIpc) is 2.98. The molecule has 4 heteroatoms. The van der Waals surface area contributed by atoms with Gasteiger partial charge < -0.3 is 5.32 Å². The molecule has 0 spiro atoms. The highest BCUT2D eigenvalue weighted by Crippen LogP contribution is 2.22. The molecule has 1 heterocycles. The van der Waals surface area contributed by atoms with E-state index in [9.17, 15) is 4.79 Å². The van der Waals surface area contributed by atoms with Crippen molar-refractivity contribution < 1.29 is 9.36 Å². The van der Waals surface area contributed by atoms with E-state index in [0.717, 1.165) is 24.0 Å². The summed E-state index contributed by atoms with van der Waals surface area (Å²) in [6.07, 6.45) is 1.83. The van der Waals surface area contributed by atoms with Gasteiger partial charge in [0.05, 0.1) is 0 Å². The summed E-state index contributed by atoms with van der Waals surface area (Å²) in [6, 6.07) is 14.4. The first-order chi connectivity index (χ1) is 11.2. The maximum Gasteiger partial charge on any atom is 0.290 e. The average molecular weight is 325 g/mol. The van der Waals surface area contributed by atoms with Crippen LogP contribution in [-0.2, 0) is 24.2 Å². The van der Waals surface area contributed by atoms with Gasteiger partial charge in [-0.1, -0.05) is 55.5 Å². The molecule has 0 saturated heterocycles. The van der Waals surface area contributed by atoms with Gasteiger partial charge in [-0.05, 0) is 30.0 Å². The lowest BCUT2D eigenvalue weighted by Crippen LogP contribution is -2.39. The zero-order valence-corrected chi connectivity index (χ0v) is 14.3. The van der Waals surface area contributed by atoms with Crippen molar-refractivity contribution >= 4 is 33.1 Å². The topological polar surface area (TPSA) is 33.0 Å². The fraction of sp³-hybridized carbons (Fsp3) is 0.263. The van der Waals surface area contributed by atoms with Gasteiger partial charge in [0.2, 0.25) is 17.6 Å². The van der Waals surface area contributed by atoms with Crippen molar-refractivity contribution in [1.82, 2.24) is 0 Å². The largest absolute Gasteiger partial charge is 0.320 e. The summed E-state index contributed by atoms with van der Waals surface area (Å²) in [7, 11) is 0. The van der Waals surface area contributed by atoms with Crippen LogP contribution in [0.15, 0.2) is 48.0 Å². The van der Waals surface area contributed by atoms with Crippen LogP contribution in [0.3, 0.4) is 0 Å². The molecule has 0 fully saturated rings. The van der Waals surface area contributed by atoms with Crippen LogP contribution in [0, 0.1) is 0 Å². The molecule has 0 aliphatic rings. The second-order valence-electron chi connectivity index (χ2n) is 5.53. The summed E-state index contributed by atoms with van der Waals surface area (Å²) >= 11 is 1.66. The van der Waals surface area contributed by atoms with Gasteiger partial charge in [0, 0.05) is 11.8 Å². The van der Waals surface area contributed by atoms with Crippen molar-refractivity contribution in [1.29, 1.82) is 0 Å². The summed E-state index contributed by atoms with van der Waals surface area (Å²) in [5.41, 5.74) is 6.49. The van der Waals surface area contributed by atoms with Crippen LogP contribution in [0.1, 0.15) is 25.0 Å². The Morgan fingerprint density at radius 2 is 1.74 bits per heavy atom. The first-order valence-electron chi connectivity index (χ1n) is 7.99. The van der Waals surface area contributed by atoms with Gasteiger partial charge in [-0.3, -0.25) is 4.79 Å². The van der Waals surface area contributed by atoms with Crippen molar-refractivity contribution in [2.45, 2.75) is 33.2 Å². The number of aryl methyl sites for hydroxylation is 2. The van der Waals surface area contributed by atoms with Crippen molar-refractivity contribution in [3.8, 4) is 0 Å². The lowest BCUT2D eigenvalue weighted by molar-refractivity contribution is -0.653. The number of fused-ring (bicyclic) bond motifs is 1. The fourth-order valence-electron chi connectivity index (χ4n) is 2.83. The molecule has 3 aromatic rings.